The van der Waals surface area contributed by atoms with Crippen molar-refractivity contribution in [1.82, 2.24) is 24.4 Å². The number of fused-ring (bicyclic) bond motifs is 2. The summed E-state index contributed by atoms with van der Waals surface area (Å²) in [5, 5.41) is 15.8. The van der Waals surface area contributed by atoms with Crippen molar-refractivity contribution in [2.24, 2.45) is 4.99 Å². The molecule has 148 valence electrons. The summed E-state index contributed by atoms with van der Waals surface area (Å²) in [7, 11) is 1.72. The Morgan fingerprint density at radius 1 is 1.36 bits per heavy atom. The molecule has 9 nitrogen and oxygen atoms in total. The molecule has 0 bridgehead atoms. The van der Waals surface area contributed by atoms with Gasteiger partial charge in [0.15, 0.2) is 5.65 Å². The number of aliphatic imine (C=N–C) groups is 1. The van der Waals surface area contributed by atoms with Crippen molar-refractivity contribution >= 4 is 23.1 Å². The van der Waals surface area contributed by atoms with E-state index in [1.807, 2.05) is 30.8 Å². The number of methoxy groups -OCH3 is 1. The molecular weight excluding hydrogens is 356 g/mol. The Labute approximate surface area is 163 Å². The van der Waals surface area contributed by atoms with Crippen molar-refractivity contribution in [2.45, 2.75) is 46.2 Å². The van der Waals surface area contributed by atoms with Crippen LogP contribution in [-0.4, -0.2) is 44.1 Å². The number of anilines is 2. The number of rotatable bonds is 5. The summed E-state index contributed by atoms with van der Waals surface area (Å²) in [5.41, 5.74) is 4.95. The second kappa shape index (κ2) is 7.23. The average Bonchev–Trinajstić information content (AvgIpc) is 3.24. The fraction of sp³-hybridized carbons (Fsp3) is 0.474. The van der Waals surface area contributed by atoms with Gasteiger partial charge in [-0.1, -0.05) is 0 Å². The van der Waals surface area contributed by atoms with Crippen LogP contribution in [0.15, 0.2) is 23.6 Å². The quantitative estimate of drug-likeness (QED) is 0.704. The summed E-state index contributed by atoms with van der Waals surface area (Å²) < 4.78 is 9.03. The van der Waals surface area contributed by atoms with Gasteiger partial charge in [0.25, 0.3) is 0 Å². The maximum Gasteiger partial charge on any atom is 0.202 e. The number of nitrogens with one attached hydrogen (secondary N) is 2. The van der Waals surface area contributed by atoms with Gasteiger partial charge in [0.1, 0.15) is 12.1 Å². The van der Waals surface area contributed by atoms with Gasteiger partial charge in [-0.3, -0.25) is 0 Å². The SMILES string of the molecule is COCCC(C)n1nc(C)c2c1NC(Nc1cn3ncnc3cc1C)=NC2C. The molecule has 0 aliphatic carbocycles. The first kappa shape index (κ1) is 18.4. The number of nitrogens with zero attached hydrogens (tertiary/aromatic N) is 6. The lowest BCUT2D eigenvalue weighted by atomic mass is 10.1. The lowest BCUT2D eigenvalue weighted by Gasteiger charge is -2.24. The predicted molar refractivity (Wildman–Crippen MR) is 109 cm³/mol. The fourth-order valence-corrected chi connectivity index (χ4v) is 3.60. The maximum atomic E-state index is 5.24. The van der Waals surface area contributed by atoms with E-state index < -0.39 is 0 Å². The molecule has 2 N–H and O–H groups in total. The van der Waals surface area contributed by atoms with Gasteiger partial charge in [-0.2, -0.15) is 10.2 Å². The Morgan fingerprint density at radius 2 is 2.18 bits per heavy atom. The number of pyridine rings is 1. The molecule has 0 aromatic carbocycles. The number of hydrogen-bond acceptors (Lipinski definition) is 7. The minimum Gasteiger partial charge on any atom is -0.385 e. The molecule has 4 heterocycles. The highest BCUT2D eigenvalue weighted by Crippen LogP contribution is 2.35. The second-order valence-electron chi connectivity index (χ2n) is 7.26. The summed E-state index contributed by atoms with van der Waals surface area (Å²) in [6, 6.07) is 2.22. The molecule has 2 atom stereocenters. The normalized spacial score (nSPS) is 17.2. The van der Waals surface area contributed by atoms with Crippen LogP contribution in [0.25, 0.3) is 5.65 Å². The number of ether oxygens (including phenoxy) is 1. The van der Waals surface area contributed by atoms with Crippen molar-refractivity contribution in [3.8, 4) is 0 Å². The molecular formula is C19H26N8O. The Hall–Kier alpha value is -2.94. The molecule has 0 saturated heterocycles. The van der Waals surface area contributed by atoms with Crippen LogP contribution in [-0.2, 0) is 4.74 Å². The minimum atomic E-state index is 0.0116. The molecule has 1 aliphatic rings. The van der Waals surface area contributed by atoms with Gasteiger partial charge in [0.2, 0.25) is 5.96 Å². The van der Waals surface area contributed by atoms with E-state index in [1.54, 1.807) is 18.0 Å². The van der Waals surface area contributed by atoms with Crippen LogP contribution < -0.4 is 10.6 Å². The van der Waals surface area contributed by atoms with E-state index in [2.05, 4.69) is 34.6 Å². The van der Waals surface area contributed by atoms with Crippen LogP contribution in [0.3, 0.4) is 0 Å². The summed E-state index contributed by atoms with van der Waals surface area (Å²) in [6.07, 6.45) is 4.36. The third-order valence-electron chi connectivity index (χ3n) is 5.14. The number of aromatic nitrogens is 5. The summed E-state index contributed by atoms with van der Waals surface area (Å²) in [6.45, 7) is 9.01. The Balaban J connectivity index is 1.63. The highest BCUT2D eigenvalue weighted by molar-refractivity contribution is 6.05. The van der Waals surface area contributed by atoms with Crippen LogP contribution in [0.4, 0.5) is 11.5 Å². The van der Waals surface area contributed by atoms with E-state index in [-0.39, 0.29) is 12.1 Å². The second-order valence-corrected chi connectivity index (χ2v) is 7.26. The van der Waals surface area contributed by atoms with Gasteiger partial charge >= 0.3 is 0 Å². The van der Waals surface area contributed by atoms with Crippen molar-refractivity contribution in [3.63, 3.8) is 0 Å². The zero-order valence-electron chi connectivity index (χ0n) is 16.9. The van der Waals surface area contributed by atoms with E-state index >= 15 is 0 Å². The van der Waals surface area contributed by atoms with Crippen molar-refractivity contribution in [2.75, 3.05) is 24.4 Å². The Morgan fingerprint density at radius 3 is 2.96 bits per heavy atom. The molecule has 4 rings (SSSR count). The molecule has 3 aromatic heterocycles. The number of hydrogen-bond donors (Lipinski definition) is 2. The van der Waals surface area contributed by atoms with Crippen LogP contribution >= 0.6 is 0 Å². The summed E-state index contributed by atoms with van der Waals surface area (Å²) >= 11 is 0. The largest absolute Gasteiger partial charge is 0.385 e. The molecule has 2 unspecified atom stereocenters. The maximum absolute atomic E-state index is 5.24. The first-order chi connectivity index (χ1) is 13.5. The lowest BCUT2D eigenvalue weighted by Crippen LogP contribution is -2.29. The molecule has 28 heavy (non-hydrogen) atoms. The molecule has 3 aromatic rings. The number of guanidine groups is 1. The van der Waals surface area contributed by atoms with Crippen molar-refractivity contribution in [3.05, 3.63) is 35.4 Å². The van der Waals surface area contributed by atoms with Gasteiger partial charge in [0, 0.05) is 19.3 Å². The van der Waals surface area contributed by atoms with E-state index in [1.165, 1.54) is 0 Å². The highest BCUT2D eigenvalue weighted by Gasteiger charge is 2.27. The molecule has 0 radical (unpaired) electrons. The standard InChI is InChI=1S/C19H26N8O/c1-11-8-16-20-10-21-26(16)9-15(11)23-19-22-13(3)17-14(4)25-27(18(17)24-19)12(2)6-7-28-5/h8-10,12-13H,6-7H2,1-5H3,(H2,22,23,24). The highest BCUT2D eigenvalue weighted by atomic mass is 16.5. The van der Waals surface area contributed by atoms with E-state index in [9.17, 15) is 0 Å². The summed E-state index contributed by atoms with van der Waals surface area (Å²) in [5.74, 6) is 1.69. The van der Waals surface area contributed by atoms with Crippen molar-refractivity contribution < 1.29 is 4.74 Å². The lowest BCUT2D eigenvalue weighted by molar-refractivity contribution is 0.179. The third-order valence-corrected chi connectivity index (χ3v) is 5.14. The molecule has 0 amide bonds. The minimum absolute atomic E-state index is 0.0116. The first-order valence-corrected chi connectivity index (χ1v) is 9.47. The molecule has 0 fully saturated rings. The molecule has 9 heteroatoms. The van der Waals surface area contributed by atoms with Crippen LogP contribution in [0.1, 0.15) is 49.2 Å². The molecule has 0 saturated carbocycles. The number of aryl methyl sites for hydroxylation is 2. The van der Waals surface area contributed by atoms with E-state index in [4.69, 9.17) is 14.8 Å². The molecule has 1 aliphatic heterocycles. The van der Waals surface area contributed by atoms with Gasteiger partial charge < -0.3 is 15.4 Å². The Kier molecular flexibility index (Phi) is 4.76. The van der Waals surface area contributed by atoms with Crippen molar-refractivity contribution in [1.29, 1.82) is 0 Å². The van der Waals surface area contributed by atoms with Gasteiger partial charge in [-0.25, -0.2) is 19.2 Å². The fourth-order valence-electron chi connectivity index (χ4n) is 3.60. The van der Waals surface area contributed by atoms with E-state index in [0.717, 1.165) is 40.4 Å². The topological polar surface area (TPSA) is 93.7 Å². The zero-order chi connectivity index (χ0) is 19.8. The van der Waals surface area contributed by atoms with Crippen LogP contribution in [0.5, 0.6) is 0 Å². The predicted octanol–water partition coefficient (Wildman–Crippen LogP) is 3.09. The van der Waals surface area contributed by atoms with Crippen LogP contribution in [0, 0.1) is 13.8 Å². The average molecular weight is 382 g/mol. The van der Waals surface area contributed by atoms with Gasteiger partial charge in [-0.05, 0) is 45.7 Å². The Bertz CT molecular complexity index is 1030. The summed E-state index contributed by atoms with van der Waals surface area (Å²) in [4.78, 5) is 9.02. The smallest absolute Gasteiger partial charge is 0.202 e. The molecule has 0 spiro atoms. The van der Waals surface area contributed by atoms with E-state index in [0.29, 0.717) is 12.6 Å². The third kappa shape index (κ3) is 3.22. The van der Waals surface area contributed by atoms with Crippen LogP contribution in [0.2, 0.25) is 0 Å². The van der Waals surface area contributed by atoms with Gasteiger partial charge in [0.05, 0.1) is 29.7 Å². The zero-order valence-corrected chi connectivity index (χ0v) is 16.9. The monoisotopic (exact) mass is 382 g/mol. The van der Waals surface area contributed by atoms with Gasteiger partial charge in [-0.15, -0.1) is 0 Å². The first-order valence-electron chi connectivity index (χ1n) is 9.47.